The highest BCUT2D eigenvalue weighted by molar-refractivity contribution is 5.77. The molecule has 0 rings (SSSR count). The molecule has 0 aromatic heterocycles. The number of rotatable bonds is 21. The summed E-state index contributed by atoms with van der Waals surface area (Å²) in [7, 11) is 0. The third-order valence-electron chi connectivity index (χ3n) is 5.24. The molecule has 0 saturated carbocycles. The van der Waals surface area contributed by atoms with Crippen LogP contribution in [0.5, 0.6) is 0 Å². The van der Waals surface area contributed by atoms with Gasteiger partial charge in [-0.1, -0.05) is 70.6 Å². The molecule has 170 valence electrons. The molecule has 0 saturated heterocycles. The van der Waals surface area contributed by atoms with Gasteiger partial charge in [0.1, 0.15) is 6.04 Å². The van der Waals surface area contributed by atoms with Crippen LogP contribution in [-0.4, -0.2) is 40.1 Å². The topological polar surface area (TPSA) is 130 Å². The fourth-order valence-corrected chi connectivity index (χ4v) is 3.49. The van der Waals surface area contributed by atoms with Gasteiger partial charge >= 0.3 is 11.9 Å². The van der Waals surface area contributed by atoms with Gasteiger partial charge < -0.3 is 21.3 Å². The van der Waals surface area contributed by atoms with Crippen molar-refractivity contribution in [1.82, 2.24) is 5.32 Å². The van der Waals surface area contributed by atoms with Gasteiger partial charge in [0.15, 0.2) is 0 Å². The third-order valence-corrected chi connectivity index (χ3v) is 5.24. The van der Waals surface area contributed by atoms with Gasteiger partial charge in [0.2, 0.25) is 5.91 Å². The van der Waals surface area contributed by atoms with Gasteiger partial charge in [0, 0.05) is 18.9 Å². The highest BCUT2D eigenvalue weighted by Crippen LogP contribution is 2.13. The molecule has 0 aromatic rings. The molecule has 1 amide bonds. The number of nitrogens with one attached hydrogen (secondary N) is 1. The highest BCUT2D eigenvalue weighted by atomic mass is 16.4. The zero-order valence-electron chi connectivity index (χ0n) is 18.2. The summed E-state index contributed by atoms with van der Waals surface area (Å²) >= 11 is 0. The maximum Gasteiger partial charge on any atom is 0.320 e. The first-order valence-electron chi connectivity index (χ1n) is 11.3. The molecule has 0 heterocycles. The first-order chi connectivity index (χ1) is 13.8. The summed E-state index contributed by atoms with van der Waals surface area (Å²) < 4.78 is 0. The Hall–Kier alpha value is -1.63. The predicted octanol–water partition coefficient (Wildman–Crippen LogP) is 4.23. The molecule has 0 aromatic carbocycles. The Kier molecular flexibility index (Phi) is 17.4. The van der Waals surface area contributed by atoms with E-state index in [9.17, 15) is 19.5 Å². The van der Waals surface area contributed by atoms with E-state index in [-0.39, 0.29) is 18.9 Å². The van der Waals surface area contributed by atoms with Crippen molar-refractivity contribution in [1.29, 1.82) is 0 Å². The van der Waals surface area contributed by atoms with Gasteiger partial charge in [-0.15, -0.1) is 0 Å². The second-order valence-electron chi connectivity index (χ2n) is 8.14. The lowest BCUT2D eigenvalue weighted by Gasteiger charge is -2.19. The molecule has 7 heteroatoms. The number of hydrogen-bond donors (Lipinski definition) is 4. The van der Waals surface area contributed by atoms with Crippen molar-refractivity contribution in [2.24, 2.45) is 5.73 Å². The molecule has 0 aliphatic rings. The molecule has 0 bridgehead atoms. The molecule has 0 aliphatic heterocycles. The van der Waals surface area contributed by atoms with Crippen LogP contribution in [0, 0.1) is 0 Å². The van der Waals surface area contributed by atoms with Crippen LogP contribution in [0.25, 0.3) is 0 Å². The van der Waals surface area contributed by atoms with E-state index in [2.05, 4.69) is 5.32 Å². The van der Waals surface area contributed by atoms with Gasteiger partial charge in [-0.3, -0.25) is 14.4 Å². The number of carbonyl (C=O) groups excluding carboxylic acids is 1. The van der Waals surface area contributed by atoms with Crippen molar-refractivity contribution < 1.29 is 24.6 Å². The van der Waals surface area contributed by atoms with Gasteiger partial charge in [-0.2, -0.15) is 0 Å². The lowest BCUT2D eigenvalue weighted by molar-refractivity contribution is -0.140. The van der Waals surface area contributed by atoms with E-state index in [0.717, 1.165) is 38.5 Å². The van der Waals surface area contributed by atoms with Crippen molar-refractivity contribution in [3.63, 3.8) is 0 Å². The molecular formula is C22H42N2O5. The minimum Gasteiger partial charge on any atom is -0.481 e. The Morgan fingerprint density at radius 3 is 1.59 bits per heavy atom. The Morgan fingerprint density at radius 1 is 0.724 bits per heavy atom. The van der Waals surface area contributed by atoms with E-state index < -0.39 is 23.9 Å². The SMILES string of the molecule is C[C@H](CCCCCCCCCCCCCCC(=O)O)NC(CCC(N)=O)C(=O)O. The van der Waals surface area contributed by atoms with Crippen molar-refractivity contribution in [3.8, 4) is 0 Å². The van der Waals surface area contributed by atoms with Crippen LogP contribution in [-0.2, 0) is 14.4 Å². The number of carboxylic acid groups (broad SMARTS) is 2. The monoisotopic (exact) mass is 414 g/mol. The number of carbonyl (C=O) groups is 3. The standard InChI is InChI=1S/C22H42N2O5/c1-18(24-19(22(28)29)16-17-20(23)25)14-12-10-8-6-4-2-3-5-7-9-11-13-15-21(26)27/h18-19,24H,2-17H2,1H3,(H2,23,25)(H,26,27)(H,28,29)/t18-,19?/m1/s1. The number of hydrogen-bond acceptors (Lipinski definition) is 4. The van der Waals surface area contributed by atoms with Gasteiger partial charge in [0.25, 0.3) is 0 Å². The fraction of sp³-hybridized carbons (Fsp3) is 0.864. The maximum atomic E-state index is 11.2. The maximum absolute atomic E-state index is 11.2. The quantitative estimate of drug-likeness (QED) is 0.208. The van der Waals surface area contributed by atoms with Crippen LogP contribution in [0.3, 0.4) is 0 Å². The second-order valence-corrected chi connectivity index (χ2v) is 8.14. The lowest BCUT2D eigenvalue weighted by atomic mass is 10.0. The summed E-state index contributed by atoms with van der Waals surface area (Å²) in [5.74, 6) is -2.10. The number of aliphatic carboxylic acids is 2. The Bertz CT molecular complexity index is 456. The molecule has 0 radical (unpaired) electrons. The van der Waals surface area contributed by atoms with Crippen molar-refractivity contribution in [2.75, 3.05) is 0 Å². The minimum absolute atomic E-state index is 0.0847. The van der Waals surface area contributed by atoms with Crippen LogP contribution in [0.4, 0.5) is 0 Å². The van der Waals surface area contributed by atoms with Crippen LogP contribution in [0.15, 0.2) is 0 Å². The normalized spacial score (nSPS) is 13.1. The number of unbranched alkanes of at least 4 members (excludes halogenated alkanes) is 11. The summed E-state index contributed by atoms with van der Waals surface area (Å²) in [5.41, 5.74) is 5.09. The fourth-order valence-electron chi connectivity index (χ4n) is 3.49. The molecular weight excluding hydrogens is 372 g/mol. The lowest BCUT2D eigenvalue weighted by Crippen LogP contribution is -2.42. The van der Waals surface area contributed by atoms with E-state index in [4.69, 9.17) is 10.8 Å². The average Bonchev–Trinajstić information content (AvgIpc) is 2.64. The van der Waals surface area contributed by atoms with E-state index >= 15 is 0 Å². The first-order valence-corrected chi connectivity index (χ1v) is 11.3. The molecule has 0 fully saturated rings. The highest BCUT2D eigenvalue weighted by Gasteiger charge is 2.19. The van der Waals surface area contributed by atoms with Crippen molar-refractivity contribution in [3.05, 3.63) is 0 Å². The number of nitrogens with two attached hydrogens (primary N) is 1. The number of carboxylic acids is 2. The van der Waals surface area contributed by atoms with Crippen molar-refractivity contribution in [2.45, 2.75) is 122 Å². The average molecular weight is 415 g/mol. The zero-order valence-corrected chi connectivity index (χ0v) is 18.2. The Morgan fingerprint density at radius 2 is 1.17 bits per heavy atom. The molecule has 5 N–H and O–H groups in total. The summed E-state index contributed by atoms with van der Waals surface area (Å²) in [5, 5.41) is 20.9. The smallest absolute Gasteiger partial charge is 0.320 e. The van der Waals surface area contributed by atoms with Gasteiger partial charge in [-0.25, -0.2) is 0 Å². The molecule has 29 heavy (non-hydrogen) atoms. The van der Waals surface area contributed by atoms with Gasteiger partial charge in [-0.05, 0) is 26.2 Å². The predicted molar refractivity (Wildman–Crippen MR) is 115 cm³/mol. The molecule has 7 nitrogen and oxygen atoms in total. The van der Waals surface area contributed by atoms with Crippen LogP contribution in [0.2, 0.25) is 0 Å². The van der Waals surface area contributed by atoms with E-state index in [1.54, 1.807) is 0 Å². The molecule has 1 unspecified atom stereocenters. The Labute approximate surface area is 175 Å². The van der Waals surface area contributed by atoms with Crippen LogP contribution in [0.1, 0.15) is 110 Å². The van der Waals surface area contributed by atoms with Crippen LogP contribution >= 0.6 is 0 Å². The van der Waals surface area contributed by atoms with E-state index in [1.165, 1.54) is 44.9 Å². The van der Waals surface area contributed by atoms with Gasteiger partial charge in [0.05, 0.1) is 0 Å². The summed E-state index contributed by atoms with van der Waals surface area (Å²) in [6.07, 6.45) is 15.5. The zero-order chi connectivity index (χ0) is 21.9. The summed E-state index contributed by atoms with van der Waals surface area (Å²) in [6.45, 7) is 1.99. The number of primary amides is 1. The molecule has 0 spiro atoms. The second kappa shape index (κ2) is 18.4. The summed E-state index contributed by atoms with van der Waals surface area (Å²) in [4.78, 5) is 32.5. The van der Waals surface area contributed by atoms with E-state index in [0.29, 0.717) is 6.42 Å². The third kappa shape index (κ3) is 19.5. The number of amides is 1. The largest absolute Gasteiger partial charge is 0.481 e. The van der Waals surface area contributed by atoms with Crippen LogP contribution < -0.4 is 11.1 Å². The Balaban J connectivity index is 3.47. The van der Waals surface area contributed by atoms with E-state index in [1.807, 2.05) is 6.92 Å². The molecule has 2 atom stereocenters. The first kappa shape index (κ1) is 27.4. The minimum atomic E-state index is -0.932. The van der Waals surface area contributed by atoms with Crippen molar-refractivity contribution >= 4 is 17.8 Å². The summed E-state index contributed by atoms with van der Waals surface area (Å²) in [6, 6.07) is -0.603. The molecule has 0 aliphatic carbocycles.